The Bertz CT molecular complexity index is 411. The fraction of sp³-hybridized carbons (Fsp3) is 0. The molecule has 1 aromatic carbocycles. The molecular weight excluding hydrogens is 212 g/mol. The standard InChI is InChI=1S/C11H10N2O.ClH/c14-11(9-6-7-12-8-9)13-10-4-2-1-3-5-10;/h1-8,12H,(H,13,14);1H. The lowest BCUT2D eigenvalue weighted by atomic mass is 10.3. The molecule has 0 bridgehead atoms. The minimum absolute atomic E-state index is 0. The molecule has 4 heteroatoms. The van der Waals surface area contributed by atoms with Crippen LogP contribution in [0.3, 0.4) is 0 Å². The molecule has 15 heavy (non-hydrogen) atoms. The van der Waals surface area contributed by atoms with E-state index in [1.807, 2.05) is 30.3 Å². The maximum atomic E-state index is 11.5. The first-order valence-electron chi connectivity index (χ1n) is 4.35. The molecule has 0 saturated carbocycles. The molecule has 78 valence electrons. The van der Waals surface area contributed by atoms with Crippen molar-refractivity contribution >= 4 is 24.0 Å². The highest BCUT2D eigenvalue weighted by atomic mass is 35.5. The molecular formula is C11H11ClN2O. The van der Waals surface area contributed by atoms with Gasteiger partial charge in [-0.05, 0) is 18.2 Å². The van der Waals surface area contributed by atoms with Crippen molar-refractivity contribution in [2.45, 2.75) is 0 Å². The highest BCUT2D eigenvalue weighted by Crippen LogP contribution is 2.07. The van der Waals surface area contributed by atoms with Crippen LogP contribution < -0.4 is 5.32 Å². The van der Waals surface area contributed by atoms with Gasteiger partial charge in [-0.25, -0.2) is 0 Å². The van der Waals surface area contributed by atoms with Gasteiger partial charge in [0.15, 0.2) is 0 Å². The molecule has 1 amide bonds. The lowest BCUT2D eigenvalue weighted by molar-refractivity contribution is 0.102. The van der Waals surface area contributed by atoms with Crippen LogP contribution in [0.1, 0.15) is 10.4 Å². The van der Waals surface area contributed by atoms with Crippen LogP contribution in [0.2, 0.25) is 0 Å². The number of H-pyrrole nitrogens is 1. The number of nitrogens with one attached hydrogen (secondary N) is 2. The van der Waals surface area contributed by atoms with E-state index >= 15 is 0 Å². The molecule has 0 radical (unpaired) electrons. The lowest BCUT2D eigenvalue weighted by Crippen LogP contribution is -2.10. The summed E-state index contributed by atoms with van der Waals surface area (Å²) < 4.78 is 0. The van der Waals surface area contributed by atoms with Crippen LogP contribution in [0.4, 0.5) is 5.69 Å². The Morgan fingerprint density at radius 2 is 1.87 bits per heavy atom. The first kappa shape index (κ1) is 11.3. The van der Waals surface area contributed by atoms with E-state index in [0.29, 0.717) is 5.56 Å². The Labute approximate surface area is 93.9 Å². The fourth-order valence-electron chi connectivity index (χ4n) is 1.19. The number of rotatable bonds is 2. The highest BCUT2D eigenvalue weighted by Gasteiger charge is 2.04. The molecule has 0 fully saturated rings. The van der Waals surface area contributed by atoms with E-state index in [9.17, 15) is 4.79 Å². The van der Waals surface area contributed by atoms with Gasteiger partial charge >= 0.3 is 0 Å². The quantitative estimate of drug-likeness (QED) is 0.806. The van der Waals surface area contributed by atoms with Gasteiger partial charge in [0.2, 0.25) is 0 Å². The largest absolute Gasteiger partial charge is 0.367 e. The summed E-state index contributed by atoms with van der Waals surface area (Å²) in [6.45, 7) is 0. The molecule has 2 N–H and O–H groups in total. The van der Waals surface area contributed by atoms with Crippen LogP contribution in [0.15, 0.2) is 48.8 Å². The average molecular weight is 223 g/mol. The van der Waals surface area contributed by atoms with Gasteiger partial charge in [-0.15, -0.1) is 12.4 Å². The second kappa shape index (κ2) is 5.22. The van der Waals surface area contributed by atoms with Gasteiger partial charge < -0.3 is 10.3 Å². The van der Waals surface area contributed by atoms with Crippen molar-refractivity contribution in [2.24, 2.45) is 0 Å². The van der Waals surface area contributed by atoms with E-state index in [1.54, 1.807) is 18.5 Å². The zero-order chi connectivity index (χ0) is 9.80. The third-order valence-electron chi connectivity index (χ3n) is 1.89. The van der Waals surface area contributed by atoms with Gasteiger partial charge in [0.25, 0.3) is 5.91 Å². The predicted octanol–water partition coefficient (Wildman–Crippen LogP) is 2.69. The molecule has 2 aromatic rings. The topological polar surface area (TPSA) is 44.9 Å². The van der Waals surface area contributed by atoms with Crippen molar-refractivity contribution in [2.75, 3.05) is 5.32 Å². The smallest absolute Gasteiger partial charge is 0.257 e. The lowest BCUT2D eigenvalue weighted by Gasteiger charge is -2.01. The molecule has 0 saturated heterocycles. The molecule has 2 rings (SSSR count). The van der Waals surface area contributed by atoms with Gasteiger partial charge in [0, 0.05) is 18.1 Å². The van der Waals surface area contributed by atoms with Crippen molar-refractivity contribution in [1.82, 2.24) is 4.98 Å². The van der Waals surface area contributed by atoms with Crippen LogP contribution >= 0.6 is 12.4 Å². The minimum Gasteiger partial charge on any atom is -0.367 e. The number of benzene rings is 1. The highest BCUT2D eigenvalue weighted by molar-refractivity contribution is 6.04. The molecule has 0 aliphatic carbocycles. The number of hydrogen-bond donors (Lipinski definition) is 2. The number of aromatic nitrogens is 1. The Kier molecular flexibility index (Phi) is 3.94. The summed E-state index contributed by atoms with van der Waals surface area (Å²) in [5.41, 5.74) is 1.44. The van der Waals surface area contributed by atoms with Crippen LogP contribution in [0, 0.1) is 0 Å². The third kappa shape index (κ3) is 2.86. The van der Waals surface area contributed by atoms with E-state index in [0.717, 1.165) is 5.69 Å². The average Bonchev–Trinajstić information content (AvgIpc) is 2.72. The van der Waals surface area contributed by atoms with E-state index in [-0.39, 0.29) is 18.3 Å². The molecule has 0 aliphatic heterocycles. The maximum absolute atomic E-state index is 11.5. The zero-order valence-corrected chi connectivity index (χ0v) is 8.75. The predicted molar refractivity (Wildman–Crippen MR) is 62.4 cm³/mol. The monoisotopic (exact) mass is 222 g/mol. The van der Waals surface area contributed by atoms with Crippen molar-refractivity contribution in [3.05, 3.63) is 54.4 Å². The van der Waals surface area contributed by atoms with Gasteiger partial charge in [0.1, 0.15) is 0 Å². The summed E-state index contributed by atoms with van der Waals surface area (Å²) in [6.07, 6.45) is 3.39. The molecule has 0 atom stereocenters. The number of carbonyl (C=O) groups excluding carboxylic acids is 1. The maximum Gasteiger partial charge on any atom is 0.257 e. The van der Waals surface area contributed by atoms with E-state index in [1.165, 1.54) is 0 Å². The van der Waals surface area contributed by atoms with Crippen LogP contribution in [0.5, 0.6) is 0 Å². The van der Waals surface area contributed by atoms with E-state index in [2.05, 4.69) is 10.3 Å². The normalized spacial score (nSPS) is 9.07. The fourth-order valence-corrected chi connectivity index (χ4v) is 1.19. The molecule has 0 unspecified atom stereocenters. The molecule has 0 aliphatic rings. The van der Waals surface area contributed by atoms with Gasteiger partial charge in [0.05, 0.1) is 5.56 Å². The number of amides is 1. The van der Waals surface area contributed by atoms with Crippen LogP contribution in [0.25, 0.3) is 0 Å². The zero-order valence-electron chi connectivity index (χ0n) is 7.94. The molecule has 1 aromatic heterocycles. The van der Waals surface area contributed by atoms with Gasteiger partial charge in [-0.2, -0.15) is 0 Å². The number of anilines is 1. The Morgan fingerprint density at radius 3 is 2.47 bits per heavy atom. The van der Waals surface area contributed by atoms with Crippen molar-refractivity contribution in [3.8, 4) is 0 Å². The SMILES string of the molecule is Cl.O=C(Nc1ccccc1)c1cc[nH]c1. The van der Waals surface area contributed by atoms with Gasteiger partial charge in [-0.1, -0.05) is 18.2 Å². The Balaban J connectivity index is 0.00000112. The number of halogens is 1. The van der Waals surface area contributed by atoms with Crippen molar-refractivity contribution in [3.63, 3.8) is 0 Å². The first-order chi connectivity index (χ1) is 6.86. The molecule has 1 heterocycles. The summed E-state index contributed by atoms with van der Waals surface area (Å²) >= 11 is 0. The molecule has 0 spiro atoms. The molecule has 3 nitrogen and oxygen atoms in total. The number of hydrogen-bond acceptors (Lipinski definition) is 1. The van der Waals surface area contributed by atoms with Crippen LogP contribution in [-0.2, 0) is 0 Å². The summed E-state index contributed by atoms with van der Waals surface area (Å²) in [6, 6.07) is 11.1. The number of carbonyl (C=O) groups is 1. The second-order valence-electron chi connectivity index (χ2n) is 2.92. The number of para-hydroxylation sites is 1. The van der Waals surface area contributed by atoms with E-state index in [4.69, 9.17) is 0 Å². The first-order valence-corrected chi connectivity index (χ1v) is 4.35. The summed E-state index contributed by atoms with van der Waals surface area (Å²) in [4.78, 5) is 14.4. The summed E-state index contributed by atoms with van der Waals surface area (Å²) in [7, 11) is 0. The summed E-state index contributed by atoms with van der Waals surface area (Å²) in [5, 5.41) is 2.79. The van der Waals surface area contributed by atoms with Crippen molar-refractivity contribution < 1.29 is 4.79 Å². The minimum atomic E-state index is -0.0996. The summed E-state index contributed by atoms with van der Waals surface area (Å²) in [5.74, 6) is -0.0996. The third-order valence-corrected chi connectivity index (χ3v) is 1.89. The van der Waals surface area contributed by atoms with Crippen LogP contribution in [-0.4, -0.2) is 10.9 Å². The van der Waals surface area contributed by atoms with Gasteiger partial charge in [-0.3, -0.25) is 4.79 Å². The Hall–Kier alpha value is -1.74. The number of aromatic amines is 1. The Morgan fingerprint density at radius 1 is 1.13 bits per heavy atom. The second-order valence-corrected chi connectivity index (χ2v) is 2.92. The van der Waals surface area contributed by atoms with Crippen molar-refractivity contribution in [1.29, 1.82) is 0 Å². The van der Waals surface area contributed by atoms with E-state index < -0.39 is 0 Å².